The van der Waals surface area contributed by atoms with Crippen LogP contribution in [0.1, 0.15) is 76.7 Å². The van der Waals surface area contributed by atoms with Gasteiger partial charge in [0.15, 0.2) is 0 Å². The molecule has 0 radical (unpaired) electrons. The van der Waals surface area contributed by atoms with E-state index >= 15 is 0 Å². The molecule has 0 aliphatic carbocycles. The molecule has 1 aromatic rings. The number of unbranched alkanes of at least 4 members (excludes halogenated alkanes) is 9. The largest absolute Gasteiger partial charge is 0.341 e. The minimum atomic E-state index is 0.882. The van der Waals surface area contributed by atoms with Crippen LogP contribution in [0, 0.1) is 6.92 Å². The molecule has 0 aliphatic heterocycles. The highest BCUT2D eigenvalue weighted by atomic mass is 79.9. The Labute approximate surface area is 166 Å². The molecule has 0 saturated heterocycles. The molecule has 4 heteroatoms. The first kappa shape index (κ1) is 22.0. The second-order valence-corrected chi connectivity index (χ2v) is 9.03. The zero-order valence-corrected chi connectivity index (χ0v) is 18.4. The lowest BCUT2D eigenvalue weighted by Gasteiger charge is -2.09. The third kappa shape index (κ3) is 10.7. The molecule has 1 nitrogen and oxygen atoms in total. The van der Waals surface area contributed by atoms with Crippen molar-refractivity contribution in [2.45, 2.75) is 78.1 Å². The summed E-state index contributed by atoms with van der Waals surface area (Å²) >= 11 is 10.7. The monoisotopic (exact) mass is 429 g/mol. The van der Waals surface area contributed by atoms with Crippen LogP contribution >= 0.6 is 39.9 Å². The predicted molar refractivity (Wildman–Crippen MR) is 119 cm³/mol. The molecule has 0 bridgehead atoms. The highest BCUT2D eigenvalue weighted by molar-refractivity contribution is 9.10. The van der Waals surface area contributed by atoms with Crippen LogP contribution in [-0.2, 0) is 0 Å². The first-order chi connectivity index (χ1) is 11.6. The van der Waals surface area contributed by atoms with Gasteiger partial charge in [0.2, 0.25) is 0 Å². The van der Waals surface area contributed by atoms with Gasteiger partial charge in [0.05, 0.1) is 0 Å². The highest BCUT2D eigenvalue weighted by Crippen LogP contribution is 2.21. The van der Waals surface area contributed by atoms with Crippen LogP contribution in [-0.4, -0.2) is 10.1 Å². The summed E-state index contributed by atoms with van der Waals surface area (Å²) in [4.78, 5) is 0. The van der Waals surface area contributed by atoms with Gasteiger partial charge in [0.25, 0.3) is 0 Å². The summed E-state index contributed by atoms with van der Waals surface area (Å²) in [6.45, 7) is 4.37. The van der Waals surface area contributed by atoms with E-state index in [9.17, 15) is 0 Å². The van der Waals surface area contributed by atoms with Crippen LogP contribution in [0.15, 0.2) is 22.7 Å². The lowest BCUT2D eigenvalue weighted by Crippen LogP contribution is -2.05. The predicted octanol–water partition coefficient (Wildman–Crippen LogP) is 8.11. The van der Waals surface area contributed by atoms with Crippen LogP contribution in [0.5, 0.6) is 0 Å². The Morgan fingerprint density at radius 2 is 1.58 bits per heavy atom. The maximum atomic E-state index is 5.42. The van der Waals surface area contributed by atoms with Crippen molar-refractivity contribution < 1.29 is 0 Å². The SMILES string of the molecule is CCCCCCCCCCCCSC(=S)Nc1ccc(Br)c(C)c1. The maximum absolute atomic E-state index is 5.42. The molecular weight excluding hydrogens is 398 g/mol. The van der Waals surface area contributed by atoms with Gasteiger partial charge in [-0.25, -0.2) is 0 Å². The fourth-order valence-corrected chi connectivity index (χ4v) is 3.97. The van der Waals surface area contributed by atoms with E-state index in [4.69, 9.17) is 12.2 Å². The number of thioether (sulfide) groups is 1. The van der Waals surface area contributed by atoms with Gasteiger partial charge in [-0.3, -0.25) is 0 Å². The molecule has 0 atom stereocenters. The summed E-state index contributed by atoms with van der Waals surface area (Å²) in [6.07, 6.45) is 13.8. The van der Waals surface area contributed by atoms with Crippen LogP contribution in [0.25, 0.3) is 0 Å². The molecule has 0 saturated carbocycles. The summed E-state index contributed by atoms with van der Waals surface area (Å²) in [5, 5.41) is 3.32. The Hall–Kier alpha value is -0.0600. The third-order valence-corrected chi connectivity index (χ3v) is 6.34. The number of rotatable bonds is 12. The molecule has 1 aromatic carbocycles. The number of aryl methyl sites for hydroxylation is 1. The van der Waals surface area contributed by atoms with Gasteiger partial charge in [0.1, 0.15) is 4.32 Å². The van der Waals surface area contributed by atoms with Crippen molar-refractivity contribution in [1.82, 2.24) is 0 Å². The van der Waals surface area contributed by atoms with Gasteiger partial charge in [-0.2, -0.15) is 0 Å². The Balaban J connectivity index is 1.97. The van der Waals surface area contributed by atoms with E-state index in [0.29, 0.717) is 0 Å². The zero-order chi connectivity index (χ0) is 17.6. The van der Waals surface area contributed by atoms with Crippen LogP contribution in [0.2, 0.25) is 0 Å². The van der Waals surface area contributed by atoms with E-state index in [1.807, 2.05) is 0 Å². The molecule has 0 aromatic heterocycles. The third-order valence-electron chi connectivity index (χ3n) is 4.14. The first-order valence-electron chi connectivity index (χ1n) is 9.33. The maximum Gasteiger partial charge on any atom is 0.138 e. The van der Waals surface area contributed by atoms with Crippen LogP contribution in [0.4, 0.5) is 5.69 Å². The van der Waals surface area contributed by atoms with Crippen molar-refractivity contribution in [2.75, 3.05) is 11.1 Å². The molecule has 0 amide bonds. The van der Waals surface area contributed by atoms with Crippen molar-refractivity contribution >= 4 is 49.9 Å². The molecule has 1 rings (SSSR count). The second kappa shape index (κ2) is 14.1. The molecule has 0 heterocycles. The van der Waals surface area contributed by atoms with Gasteiger partial charge < -0.3 is 5.32 Å². The number of nitrogens with one attached hydrogen (secondary N) is 1. The fourth-order valence-electron chi connectivity index (χ4n) is 2.63. The standard InChI is InChI=1S/C20H32BrNS2/c1-3-4-5-6-7-8-9-10-11-12-15-24-20(23)22-18-13-14-19(21)17(2)16-18/h13-14,16H,3-12,15H2,1-2H3,(H,22,23). The molecule has 24 heavy (non-hydrogen) atoms. The number of halogens is 1. The normalized spacial score (nSPS) is 10.8. The summed E-state index contributed by atoms with van der Waals surface area (Å²) in [7, 11) is 0. The Morgan fingerprint density at radius 1 is 1.00 bits per heavy atom. The molecule has 0 fully saturated rings. The lowest BCUT2D eigenvalue weighted by atomic mass is 10.1. The average Bonchev–Trinajstić information content (AvgIpc) is 2.56. The molecule has 0 spiro atoms. The number of anilines is 1. The van der Waals surface area contributed by atoms with Gasteiger partial charge in [0, 0.05) is 15.9 Å². The van der Waals surface area contributed by atoms with Gasteiger partial charge >= 0.3 is 0 Å². The second-order valence-electron chi connectivity index (χ2n) is 6.41. The van der Waals surface area contributed by atoms with Crippen molar-refractivity contribution in [3.8, 4) is 0 Å². The summed E-state index contributed by atoms with van der Waals surface area (Å²) in [6, 6.07) is 6.25. The fraction of sp³-hybridized carbons (Fsp3) is 0.650. The van der Waals surface area contributed by atoms with Crippen LogP contribution in [0.3, 0.4) is 0 Å². The number of hydrogen-bond acceptors (Lipinski definition) is 2. The minimum absolute atomic E-state index is 0.882. The van der Waals surface area contributed by atoms with Crippen molar-refractivity contribution in [3.63, 3.8) is 0 Å². The highest BCUT2D eigenvalue weighted by Gasteiger charge is 2.01. The smallest absolute Gasteiger partial charge is 0.138 e. The quantitative estimate of drug-likeness (QED) is 0.266. The molecule has 1 N–H and O–H groups in total. The first-order valence-corrected chi connectivity index (χ1v) is 11.5. The summed E-state index contributed by atoms with van der Waals surface area (Å²) in [5.41, 5.74) is 2.30. The lowest BCUT2D eigenvalue weighted by molar-refractivity contribution is 0.563. The molecular formula is C20H32BrNS2. The Morgan fingerprint density at radius 3 is 2.17 bits per heavy atom. The molecule has 0 unspecified atom stereocenters. The van der Waals surface area contributed by atoms with E-state index in [0.717, 1.165) is 20.2 Å². The van der Waals surface area contributed by atoms with Crippen molar-refractivity contribution in [2.24, 2.45) is 0 Å². The molecule has 0 aliphatic rings. The van der Waals surface area contributed by atoms with Gasteiger partial charge in [-0.1, -0.05) is 105 Å². The summed E-state index contributed by atoms with van der Waals surface area (Å²) < 4.78 is 2.02. The van der Waals surface area contributed by atoms with Gasteiger partial charge in [-0.15, -0.1) is 0 Å². The van der Waals surface area contributed by atoms with E-state index in [2.05, 4.69) is 53.3 Å². The van der Waals surface area contributed by atoms with Gasteiger partial charge in [-0.05, 0) is 37.1 Å². The van der Waals surface area contributed by atoms with Crippen molar-refractivity contribution in [1.29, 1.82) is 0 Å². The summed E-state index contributed by atoms with van der Waals surface area (Å²) in [5.74, 6) is 1.12. The zero-order valence-electron chi connectivity index (χ0n) is 15.2. The Bertz CT molecular complexity index is 477. The van der Waals surface area contributed by atoms with E-state index in [1.165, 1.54) is 69.8 Å². The van der Waals surface area contributed by atoms with E-state index < -0.39 is 0 Å². The van der Waals surface area contributed by atoms with E-state index in [1.54, 1.807) is 11.8 Å². The van der Waals surface area contributed by atoms with E-state index in [-0.39, 0.29) is 0 Å². The number of thiocarbonyl (C=S) groups is 1. The topological polar surface area (TPSA) is 12.0 Å². The Kier molecular flexibility index (Phi) is 13.0. The number of hydrogen-bond donors (Lipinski definition) is 1. The number of benzene rings is 1. The average molecular weight is 431 g/mol. The minimum Gasteiger partial charge on any atom is -0.341 e. The van der Waals surface area contributed by atoms with Crippen molar-refractivity contribution in [3.05, 3.63) is 28.2 Å². The molecule has 136 valence electrons. The van der Waals surface area contributed by atoms with Crippen LogP contribution < -0.4 is 5.32 Å².